The third-order valence-corrected chi connectivity index (χ3v) is 3.65. The molecule has 0 spiro atoms. The van der Waals surface area contributed by atoms with Gasteiger partial charge in [-0.2, -0.15) is 0 Å². The molecule has 0 saturated heterocycles. The molecule has 0 heterocycles. The molecule has 2 aromatic rings. The Labute approximate surface area is 119 Å². The molecule has 0 unspecified atom stereocenters. The lowest BCUT2D eigenvalue weighted by atomic mass is 10.0. The van der Waals surface area contributed by atoms with Gasteiger partial charge in [0.2, 0.25) is 0 Å². The van der Waals surface area contributed by atoms with Crippen LogP contribution in [0.15, 0.2) is 59.6 Å². The van der Waals surface area contributed by atoms with Gasteiger partial charge in [0.15, 0.2) is 0 Å². The van der Waals surface area contributed by atoms with Gasteiger partial charge in [-0.1, -0.05) is 54.9 Å². The van der Waals surface area contributed by atoms with Gasteiger partial charge in [-0.3, -0.25) is 0 Å². The van der Waals surface area contributed by atoms with Crippen LogP contribution in [0.1, 0.15) is 25.8 Å². The molecule has 0 aliphatic carbocycles. The molecule has 2 rings (SSSR count). The van der Waals surface area contributed by atoms with Gasteiger partial charge in [-0.05, 0) is 37.1 Å². The van der Waals surface area contributed by atoms with E-state index in [-0.39, 0.29) is 0 Å². The average molecular weight is 272 g/mol. The number of nitrogens with one attached hydrogen (secondary N) is 1. The Bertz CT molecular complexity index is 573. The van der Waals surface area contributed by atoms with Crippen molar-refractivity contribution in [1.29, 1.82) is 0 Å². The third kappa shape index (κ3) is 3.39. The Kier molecular flexibility index (Phi) is 4.64. The summed E-state index contributed by atoms with van der Waals surface area (Å²) >= 11 is 6.28. The summed E-state index contributed by atoms with van der Waals surface area (Å²) in [6.07, 6.45) is 0.854. The van der Waals surface area contributed by atoms with Crippen LogP contribution < -0.4 is 5.32 Å². The number of hydrogen-bond donors (Lipinski definition) is 1. The SMILES string of the molecule is CCC(Cl)=C(C)c1ccccc1Nc1ccccc1. The van der Waals surface area contributed by atoms with E-state index >= 15 is 0 Å². The van der Waals surface area contributed by atoms with E-state index in [1.807, 2.05) is 30.3 Å². The summed E-state index contributed by atoms with van der Waals surface area (Å²) in [5.41, 5.74) is 4.44. The van der Waals surface area contributed by atoms with Gasteiger partial charge in [0.1, 0.15) is 0 Å². The number of rotatable bonds is 4. The molecule has 0 fully saturated rings. The summed E-state index contributed by atoms with van der Waals surface area (Å²) in [5, 5.41) is 4.34. The summed E-state index contributed by atoms with van der Waals surface area (Å²) < 4.78 is 0. The Morgan fingerprint density at radius 1 is 1.00 bits per heavy atom. The highest BCUT2D eigenvalue weighted by molar-refractivity contribution is 6.32. The molecule has 2 heteroatoms. The van der Waals surface area contributed by atoms with Crippen molar-refractivity contribution in [3.63, 3.8) is 0 Å². The Morgan fingerprint density at radius 3 is 2.32 bits per heavy atom. The third-order valence-electron chi connectivity index (χ3n) is 3.10. The second-order valence-corrected chi connectivity index (χ2v) is 4.88. The number of benzene rings is 2. The van der Waals surface area contributed by atoms with E-state index in [1.165, 1.54) is 0 Å². The van der Waals surface area contributed by atoms with Crippen LogP contribution >= 0.6 is 11.6 Å². The molecule has 0 aliphatic heterocycles. The largest absolute Gasteiger partial charge is 0.355 e. The lowest BCUT2D eigenvalue weighted by molar-refractivity contribution is 1.19. The van der Waals surface area contributed by atoms with Gasteiger partial charge >= 0.3 is 0 Å². The van der Waals surface area contributed by atoms with E-state index in [1.54, 1.807) is 0 Å². The van der Waals surface area contributed by atoms with Crippen LogP contribution in [0.5, 0.6) is 0 Å². The zero-order valence-electron chi connectivity index (χ0n) is 11.3. The summed E-state index contributed by atoms with van der Waals surface area (Å²) in [6.45, 7) is 4.14. The fourth-order valence-corrected chi connectivity index (χ4v) is 2.11. The van der Waals surface area contributed by atoms with Crippen molar-refractivity contribution in [3.05, 3.63) is 65.2 Å². The van der Waals surface area contributed by atoms with Crippen LogP contribution in [0.25, 0.3) is 5.57 Å². The first kappa shape index (κ1) is 13.7. The maximum absolute atomic E-state index is 6.28. The van der Waals surface area contributed by atoms with Gasteiger partial charge < -0.3 is 5.32 Å². The van der Waals surface area contributed by atoms with E-state index in [0.717, 1.165) is 34.0 Å². The number of allylic oxidation sites excluding steroid dienone is 2. The Hall–Kier alpha value is -1.73. The van der Waals surface area contributed by atoms with Crippen molar-refractivity contribution in [2.45, 2.75) is 20.3 Å². The molecule has 0 atom stereocenters. The number of anilines is 2. The second kappa shape index (κ2) is 6.44. The van der Waals surface area contributed by atoms with Crippen molar-refractivity contribution in [2.75, 3.05) is 5.32 Å². The van der Waals surface area contributed by atoms with E-state index < -0.39 is 0 Å². The summed E-state index contributed by atoms with van der Waals surface area (Å²) in [6, 6.07) is 18.4. The molecule has 0 aromatic heterocycles. The minimum Gasteiger partial charge on any atom is -0.355 e. The molecular weight excluding hydrogens is 254 g/mol. The van der Waals surface area contributed by atoms with Crippen molar-refractivity contribution in [1.82, 2.24) is 0 Å². The first-order valence-electron chi connectivity index (χ1n) is 6.49. The quantitative estimate of drug-likeness (QED) is 0.740. The zero-order chi connectivity index (χ0) is 13.7. The summed E-state index contributed by atoms with van der Waals surface area (Å²) in [4.78, 5) is 0. The first-order chi connectivity index (χ1) is 9.22. The monoisotopic (exact) mass is 271 g/mol. The standard InChI is InChI=1S/C17H18ClN/c1-3-16(18)13(2)15-11-7-8-12-17(15)19-14-9-5-4-6-10-14/h4-12,19H,3H2,1-2H3. The van der Waals surface area contributed by atoms with Gasteiger partial charge in [0, 0.05) is 22.0 Å². The normalized spacial score (nSPS) is 11.9. The zero-order valence-corrected chi connectivity index (χ0v) is 12.0. The second-order valence-electron chi connectivity index (χ2n) is 4.42. The van der Waals surface area contributed by atoms with Gasteiger partial charge in [0.25, 0.3) is 0 Å². The van der Waals surface area contributed by atoms with Crippen molar-refractivity contribution in [2.24, 2.45) is 0 Å². The fourth-order valence-electron chi connectivity index (χ4n) is 2.01. The predicted octanol–water partition coefficient (Wildman–Crippen LogP) is 5.81. The molecule has 0 radical (unpaired) electrons. The maximum Gasteiger partial charge on any atom is 0.0460 e. The highest BCUT2D eigenvalue weighted by Gasteiger charge is 2.06. The van der Waals surface area contributed by atoms with E-state index in [2.05, 4.69) is 43.4 Å². The first-order valence-corrected chi connectivity index (χ1v) is 6.87. The van der Waals surface area contributed by atoms with Crippen LogP contribution in [-0.2, 0) is 0 Å². The lowest BCUT2D eigenvalue weighted by Crippen LogP contribution is -1.95. The summed E-state index contributed by atoms with van der Waals surface area (Å²) in [5.74, 6) is 0. The van der Waals surface area contributed by atoms with Crippen LogP contribution in [0.3, 0.4) is 0 Å². The molecule has 0 saturated carbocycles. The minimum absolute atomic E-state index is 0.854. The van der Waals surface area contributed by atoms with Crippen LogP contribution in [0.4, 0.5) is 11.4 Å². The van der Waals surface area contributed by atoms with Crippen molar-refractivity contribution >= 4 is 28.5 Å². The van der Waals surface area contributed by atoms with Crippen LogP contribution in [0, 0.1) is 0 Å². The summed E-state index contributed by atoms with van der Waals surface area (Å²) in [7, 11) is 0. The topological polar surface area (TPSA) is 12.0 Å². The fraction of sp³-hybridized carbons (Fsp3) is 0.176. The molecule has 0 bridgehead atoms. The van der Waals surface area contributed by atoms with Crippen molar-refractivity contribution < 1.29 is 0 Å². The van der Waals surface area contributed by atoms with Gasteiger partial charge in [-0.15, -0.1) is 0 Å². The van der Waals surface area contributed by atoms with Crippen LogP contribution in [0.2, 0.25) is 0 Å². The molecule has 1 N–H and O–H groups in total. The predicted molar refractivity (Wildman–Crippen MR) is 84.9 cm³/mol. The highest BCUT2D eigenvalue weighted by atomic mass is 35.5. The molecule has 0 amide bonds. The smallest absolute Gasteiger partial charge is 0.0460 e. The van der Waals surface area contributed by atoms with Crippen LogP contribution in [-0.4, -0.2) is 0 Å². The van der Waals surface area contributed by atoms with E-state index in [9.17, 15) is 0 Å². The molecule has 1 nitrogen and oxygen atoms in total. The molecule has 0 aliphatic rings. The number of hydrogen-bond acceptors (Lipinski definition) is 1. The van der Waals surface area contributed by atoms with E-state index in [0.29, 0.717) is 0 Å². The highest BCUT2D eigenvalue weighted by Crippen LogP contribution is 2.30. The van der Waals surface area contributed by atoms with Gasteiger partial charge in [-0.25, -0.2) is 0 Å². The maximum atomic E-state index is 6.28. The molecule has 98 valence electrons. The molecular formula is C17H18ClN. The average Bonchev–Trinajstić information content (AvgIpc) is 2.47. The molecule has 19 heavy (non-hydrogen) atoms. The molecule has 2 aromatic carbocycles. The lowest BCUT2D eigenvalue weighted by Gasteiger charge is -2.13. The minimum atomic E-state index is 0.854. The number of para-hydroxylation sites is 2. The number of halogens is 1. The Balaban J connectivity index is 2.37. The van der Waals surface area contributed by atoms with Gasteiger partial charge in [0.05, 0.1) is 0 Å². The van der Waals surface area contributed by atoms with E-state index in [4.69, 9.17) is 11.6 Å². The Morgan fingerprint density at radius 2 is 1.63 bits per heavy atom. The van der Waals surface area contributed by atoms with Crippen molar-refractivity contribution in [3.8, 4) is 0 Å².